The molecule has 3 N–H and O–H groups in total. The molecule has 0 aliphatic heterocycles. The van der Waals surface area contributed by atoms with Crippen molar-refractivity contribution < 1.29 is 27.8 Å². The number of ether oxygens (including phenoxy) is 2. The Bertz CT molecular complexity index is 917. The third-order valence-electron chi connectivity index (χ3n) is 6.52. The zero-order valence-electron chi connectivity index (χ0n) is 17.3. The summed E-state index contributed by atoms with van der Waals surface area (Å²) >= 11 is 0. The SMILES string of the molecule is N[C@]1(CO)CC[C@H](c2ccc3c(c2)CCC(COc2cccc(OC(F)(F)F)c2)C3)C1. The minimum atomic E-state index is -4.72. The Morgan fingerprint density at radius 2 is 1.87 bits per heavy atom. The van der Waals surface area contributed by atoms with Crippen LogP contribution in [-0.4, -0.2) is 30.2 Å². The summed E-state index contributed by atoms with van der Waals surface area (Å²) in [6, 6.07) is 12.3. The van der Waals surface area contributed by atoms with E-state index in [0.29, 0.717) is 24.2 Å². The van der Waals surface area contributed by atoms with Crippen molar-refractivity contribution in [2.24, 2.45) is 11.7 Å². The van der Waals surface area contributed by atoms with Crippen molar-refractivity contribution in [1.82, 2.24) is 0 Å². The molecule has 2 aromatic carbocycles. The standard InChI is InChI=1S/C24H28F3NO3/c25-24(26,27)31-22-3-1-2-21(12-22)30-14-16-4-5-18-11-19(7-6-17(18)10-16)20-8-9-23(28,13-20)15-29/h1-3,6-7,11-12,16,20,29H,4-5,8-10,13-15,28H2/t16?,20-,23+/m0/s1. The summed E-state index contributed by atoms with van der Waals surface area (Å²) < 4.78 is 46.9. The van der Waals surface area contributed by atoms with Gasteiger partial charge in [0.15, 0.2) is 0 Å². The van der Waals surface area contributed by atoms with E-state index >= 15 is 0 Å². The van der Waals surface area contributed by atoms with Crippen molar-refractivity contribution in [2.75, 3.05) is 13.2 Å². The third kappa shape index (κ3) is 5.52. The largest absolute Gasteiger partial charge is 0.573 e. The van der Waals surface area contributed by atoms with E-state index in [4.69, 9.17) is 10.5 Å². The van der Waals surface area contributed by atoms with Gasteiger partial charge in [-0.05, 0) is 79.2 Å². The number of hydrogen-bond donors (Lipinski definition) is 2. The predicted octanol–water partition coefficient (Wildman–Crippen LogP) is 4.73. The molecule has 2 aliphatic rings. The van der Waals surface area contributed by atoms with Gasteiger partial charge >= 0.3 is 6.36 Å². The molecule has 7 heteroatoms. The van der Waals surface area contributed by atoms with E-state index in [1.54, 1.807) is 6.07 Å². The van der Waals surface area contributed by atoms with E-state index in [1.165, 1.54) is 34.9 Å². The van der Waals surface area contributed by atoms with Crippen LogP contribution in [0.4, 0.5) is 13.2 Å². The van der Waals surface area contributed by atoms with E-state index in [1.807, 2.05) is 0 Å². The molecule has 168 valence electrons. The first-order valence-electron chi connectivity index (χ1n) is 10.7. The quantitative estimate of drug-likeness (QED) is 0.689. The molecule has 4 nitrogen and oxygen atoms in total. The van der Waals surface area contributed by atoms with Gasteiger partial charge in [-0.15, -0.1) is 13.2 Å². The molecule has 0 bridgehead atoms. The molecule has 0 amide bonds. The second kappa shape index (κ2) is 8.71. The normalized spacial score (nSPS) is 25.8. The minimum Gasteiger partial charge on any atom is -0.493 e. The van der Waals surface area contributed by atoms with E-state index in [-0.39, 0.29) is 12.4 Å². The summed E-state index contributed by atoms with van der Waals surface area (Å²) in [7, 11) is 0. The highest BCUT2D eigenvalue weighted by molar-refractivity contribution is 5.37. The van der Waals surface area contributed by atoms with Gasteiger partial charge in [0.25, 0.3) is 0 Å². The highest BCUT2D eigenvalue weighted by Crippen LogP contribution is 2.40. The monoisotopic (exact) mass is 435 g/mol. The van der Waals surface area contributed by atoms with Crippen molar-refractivity contribution in [3.63, 3.8) is 0 Å². The number of nitrogens with two attached hydrogens (primary N) is 1. The Morgan fingerprint density at radius 3 is 2.61 bits per heavy atom. The van der Waals surface area contributed by atoms with Gasteiger partial charge < -0.3 is 20.3 Å². The van der Waals surface area contributed by atoms with Gasteiger partial charge in [0.1, 0.15) is 11.5 Å². The molecule has 4 rings (SSSR count). The lowest BCUT2D eigenvalue weighted by Crippen LogP contribution is -2.40. The highest BCUT2D eigenvalue weighted by Gasteiger charge is 2.36. The molecule has 1 saturated carbocycles. The Labute approximate surface area is 180 Å². The fraction of sp³-hybridized carbons (Fsp3) is 0.500. The van der Waals surface area contributed by atoms with E-state index in [2.05, 4.69) is 22.9 Å². The number of aliphatic hydroxyl groups is 1. The molecule has 0 saturated heterocycles. The second-order valence-electron chi connectivity index (χ2n) is 8.93. The summed E-state index contributed by atoms with van der Waals surface area (Å²) in [6.07, 6.45) is 0.759. The average molecular weight is 435 g/mol. The molecule has 2 aromatic rings. The van der Waals surface area contributed by atoms with E-state index in [9.17, 15) is 18.3 Å². The number of hydrogen-bond acceptors (Lipinski definition) is 4. The Kier molecular flexibility index (Phi) is 6.17. The van der Waals surface area contributed by atoms with Gasteiger partial charge in [0, 0.05) is 11.6 Å². The van der Waals surface area contributed by atoms with E-state index < -0.39 is 11.9 Å². The number of benzene rings is 2. The summed E-state index contributed by atoms with van der Waals surface area (Å²) in [4.78, 5) is 0. The first kappa shape index (κ1) is 22.0. The van der Waals surface area contributed by atoms with Crippen LogP contribution in [0.5, 0.6) is 11.5 Å². The molecule has 3 atom stereocenters. The minimum absolute atomic E-state index is 0.0291. The Morgan fingerprint density at radius 1 is 1.06 bits per heavy atom. The zero-order chi connectivity index (χ0) is 22.1. The number of aliphatic hydroxyl groups excluding tert-OH is 1. The lowest BCUT2D eigenvalue weighted by atomic mass is 9.82. The zero-order valence-corrected chi connectivity index (χ0v) is 17.3. The topological polar surface area (TPSA) is 64.7 Å². The predicted molar refractivity (Wildman–Crippen MR) is 111 cm³/mol. The average Bonchev–Trinajstić information content (AvgIpc) is 3.14. The third-order valence-corrected chi connectivity index (χ3v) is 6.52. The van der Waals surface area contributed by atoms with Crippen molar-refractivity contribution in [3.8, 4) is 11.5 Å². The number of halogens is 3. The van der Waals surface area contributed by atoms with Crippen LogP contribution in [-0.2, 0) is 12.8 Å². The van der Waals surface area contributed by atoms with Gasteiger partial charge in [0.05, 0.1) is 13.2 Å². The van der Waals surface area contributed by atoms with Gasteiger partial charge in [-0.25, -0.2) is 0 Å². The fourth-order valence-electron chi connectivity index (χ4n) is 4.81. The fourth-order valence-corrected chi connectivity index (χ4v) is 4.81. The molecule has 0 radical (unpaired) electrons. The molecule has 0 heterocycles. The van der Waals surface area contributed by atoms with Crippen LogP contribution in [0.3, 0.4) is 0 Å². The van der Waals surface area contributed by atoms with Crippen LogP contribution in [0.25, 0.3) is 0 Å². The van der Waals surface area contributed by atoms with Crippen molar-refractivity contribution in [3.05, 3.63) is 59.2 Å². The maximum absolute atomic E-state index is 12.4. The number of alkyl halides is 3. The molecule has 1 fully saturated rings. The molecule has 31 heavy (non-hydrogen) atoms. The molecule has 0 spiro atoms. The van der Waals surface area contributed by atoms with Crippen LogP contribution < -0.4 is 15.2 Å². The lowest BCUT2D eigenvalue weighted by Gasteiger charge is -2.26. The van der Waals surface area contributed by atoms with Crippen LogP contribution in [0.1, 0.15) is 48.3 Å². The summed E-state index contributed by atoms with van der Waals surface area (Å²) in [5.74, 6) is 0.803. The first-order chi connectivity index (χ1) is 14.7. The summed E-state index contributed by atoms with van der Waals surface area (Å²) in [6.45, 7) is 0.479. The molecule has 1 unspecified atom stereocenters. The summed E-state index contributed by atoms with van der Waals surface area (Å²) in [5.41, 5.74) is 9.74. The number of aryl methyl sites for hydroxylation is 1. The van der Waals surface area contributed by atoms with Gasteiger partial charge in [0.2, 0.25) is 0 Å². The summed E-state index contributed by atoms with van der Waals surface area (Å²) in [5, 5.41) is 9.52. The molecule has 2 aliphatic carbocycles. The van der Waals surface area contributed by atoms with Crippen molar-refractivity contribution >= 4 is 0 Å². The van der Waals surface area contributed by atoms with Crippen LogP contribution in [0.2, 0.25) is 0 Å². The van der Waals surface area contributed by atoms with Gasteiger partial charge in [-0.1, -0.05) is 24.3 Å². The van der Waals surface area contributed by atoms with E-state index in [0.717, 1.165) is 38.5 Å². The van der Waals surface area contributed by atoms with Crippen LogP contribution in [0, 0.1) is 5.92 Å². The molecular weight excluding hydrogens is 407 g/mol. The second-order valence-corrected chi connectivity index (χ2v) is 8.93. The maximum atomic E-state index is 12.4. The van der Waals surface area contributed by atoms with Crippen molar-refractivity contribution in [2.45, 2.75) is 56.3 Å². The molecule has 0 aromatic heterocycles. The van der Waals surface area contributed by atoms with Crippen molar-refractivity contribution in [1.29, 1.82) is 0 Å². The van der Waals surface area contributed by atoms with Crippen LogP contribution >= 0.6 is 0 Å². The maximum Gasteiger partial charge on any atom is 0.573 e. The van der Waals surface area contributed by atoms with Gasteiger partial charge in [-0.2, -0.15) is 0 Å². The molecular formula is C24H28F3NO3. The first-order valence-corrected chi connectivity index (χ1v) is 10.7. The highest BCUT2D eigenvalue weighted by atomic mass is 19.4. The smallest absolute Gasteiger partial charge is 0.493 e. The Balaban J connectivity index is 1.34. The Hall–Kier alpha value is -2.25. The lowest BCUT2D eigenvalue weighted by molar-refractivity contribution is -0.274. The number of fused-ring (bicyclic) bond motifs is 1. The van der Waals surface area contributed by atoms with Crippen LogP contribution in [0.15, 0.2) is 42.5 Å². The van der Waals surface area contributed by atoms with Gasteiger partial charge in [-0.3, -0.25) is 0 Å². The number of rotatable bonds is 6.